The lowest BCUT2D eigenvalue weighted by Crippen LogP contribution is -2.46. The molecule has 114 valence electrons. The first-order chi connectivity index (χ1) is 10.1. The second kappa shape index (κ2) is 5.60. The standard InChI is InChI=1S/C15H17F2NO3/c1-20-11-5-4-10(16)14(17)13(11)15(19)18-6-7-21-12(8-18)9-2-3-9/h4-5,9,12H,2-3,6-8H2,1H3. The second-order valence-electron chi connectivity index (χ2n) is 5.44. The number of halogens is 2. The lowest BCUT2D eigenvalue weighted by atomic mass is 10.1. The Hall–Kier alpha value is -1.69. The topological polar surface area (TPSA) is 38.8 Å². The molecule has 0 bridgehead atoms. The lowest BCUT2D eigenvalue weighted by Gasteiger charge is -2.33. The van der Waals surface area contributed by atoms with Gasteiger partial charge in [-0.05, 0) is 30.9 Å². The molecule has 1 saturated carbocycles. The molecule has 1 amide bonds. The van der Waals surface area contributed by atoms with Gasteiger partial charge in [-0.15, -0.1) is 0 Å². The molecule has 1 aromatic carbocycles. The molecule has 0 aromatic heterocycles. The number of amides is 1. The third-order valence-electron chi connectivity index (χ3n) is 4.02. The van der Waals surface area contributed by atoms with Crippen molar-refractivity contribution in [1.29, 1.82) is 0 Å². The molecular weight excluding hydrogens is 280 g/mol. The van der Waals surface area contributed by atoms with Crippen molar-refractivity contribution in [2.75, 3.05) is 26.8 Å². The molecule has 6 heteroatoms. The maximum atomic E-state index is 14.0. The van der Waals surface area contributed by atoms with Crippen molar-refractivity contribution in [3.63, 3.8) is 0 Å². The van der Waals surface area contributed by atoms with Crippen LogP contribution < -0.4 is 4.74 Å². The zero-order valence-corrected chi connectivity index (χ0v) is 11.8. The van der Waals surface area contributed by atoms with E-state index in [1.165, 1.54) is 18.1 Å². The number of hydrogen-bond acceptors (Lipinski definition) is 3. The van der Waals surface area contributed by atoms with Crippen LogP contribution in [0.3, 0.4) is 0 Å². The van der Waals surface area contributed by atoms with E-state index in [-0.39, 0.29) is 17.4 Å². The van der Waals surface area contributed by atoms with Gasteiger partial charge in [0.05, 0.1) is 19.8 Å². The Kier molecular flexibility index (Phi) is 3.80. The molecule has 1 unspecified atom stereocenters. The van der Waals surface area contributed by atoms with E-state index in [1.807, 2.05) is 0 Å². The zero-order valence-electron chi connectivity index (χ0n) is 11.8. The molecule has 1 aliphatic carbocycles. The normalized spacial score (nSPS) is 22.2. The van der Waals surface area contributed by atoms with Crippen LogP contribution in [0.2, 0.25) is 0 Å². The molecular formula is C15H17F2NO3. The van der Waals surface area contributed by atoms with Crippen molar-refractivity contribution in [1.82, 2.24) is 4.90 Å². The summed E-state index contributed by atoms with van der Waals surface area (Å²) in [5.41, 5.74) is -0.339. The highest BCUT2D eigenvalue weighted by atomic mass is 19.2. The Morgan fingerprint density at radius 1 is 1.38 bits per heavy atom. The van der Waals surface area contributed by atoms with Crippen LogP contribution in [-0.2, 0) is 4.74 Å². The number of morpholine rings is 1. The fraction of sp³-hybridized carbons (Fsp3) is 0.533. The van der Waals surface area contributed by atoms with E-state index in [0.29, 0.717) is 25.6 Å². The predicted octanol–water partition coefficient (Wildman–Crippen LogP) is 2.22. The molecule has 1 atom stereocenters. The highest BCUT2D eigenvalue weighted by Gasteiger charge is 2.37. The van der Waals surface area contributed by atoms with Gasteiger partial charge in [0, 0.05) is 13.1 Å². The van der Waals surface area contributed by atoms with Gasteiger partial charge in [-0.1, -0.05) is 0 Å². The monoisotopic (exact) mass is 297 g/mol. The highest BCUT2D eigenvalue weighted by Crippen LogP contribution is 2.36. The summed E-state index contributed by atoms with van der Waals surface area (Å²) in [6, 6.07) is 2.22. The largest absolute Gasteiger partial charge is 0.496 e. The molecule has 0 N–H and O–H groups in total. The smallest absolute Gasteiger partial charge is 0.260 e. The van der Waals surface area contributed by atoms with E-state index < -0.39 is 17.5 Å². The van der Waals surface area contributed by atoms with Crippen molar-refractivity contribution in [3.05, 3.63) is 29.3 Å². The van der Waals surface area contributed by atoms with Gasteiger partial charge in [0.15, 0.2) is 11.6 Å². The van der Waals surface area contributed by atoms with E-state index in [0.717, 1.165) is 18.9 Å². The van der Waals surface area contributed by atoms with Gasteiger partial charge in [0.25, 0.3) is 5.91 Å². The number of nitrogens with zero attached hydrogens (tertiary/aromatic N) is 1. The maximum absolute atomic E-state index is 14.0. The van der Waals surface area contributed by atoms with Crippen LogP contribution in [0.1, 0.15) is 23.2 Å². The SMILES string of the molecule is COc1ccc(F)c(F)c1C(=O)N1CCOC(C2CC2)C1. The van der Waals surface area contributed by atoms with Crippen LogP contribution in [0.5, 0.6) is 5.75 Å². The molecule has 21 heavy (non-hydrogen) atoms. The van der Waals surface area contributed by atoms with Gasteiger partial charge in [0.2, 0.25) is 0 Å². The van der Waals surface area contributed by atoms with Crippen molar-refractivity contribution in [2.45, 2.75) is 18.9 Å². The minimum atomic E-state index is -1.16. The van der Waals surface area contributed by atoms with E-state index in [4.69, 9.17) is 9.47 Å². The van der Waals surface area contributed by atoms with E-state index >= 15 is 0 Å². The molecule has 0 spiro atoms. The third-order valence-corrected chi connectivity index (χ3v) is 4.02. The number of rotatable bonds is 3. The summed E-state index contributed by atoms with van der Waals surface area (Å²) in [4.78, 5) is 14.0. The Morgan fingerprint density at radius 2 is 2.14 bits per heavy atom. The quantitative estimate of drug-likeness (QED) is 0.859. The molecule has 1 saturated heterocycles. The lowest BCUT2D eigenvalue weighted by molar-refractivity contribution is -0.0316. The van der Waals surface area contributed by atoms with Crippen molar-refractivity contribution in [2.24, 2.45) is 5.92 Å². The number of ether oxygens (including phenoxy) is 2. The molecule has 3 rings (SSSR count). The van der Waals surface area contributed by atoms with Crippen LogP contribution in [0.4, 0.5) is 8.78 Å². The first-order valence-electron chi connectivity index (χ1n) is 7.04. The Labute approximate surface area is 121 Å². The molecule has 2 aliphatic rings. The molecule has 4 nitrogen and oxygen atoms in total. The number of carbonyl (C=O) groups is 1. The molecule has 2 fully saturated rings. The number of hydrogen-bond donors (Lipinski definition) is 0. The van der Waals surface area contributed by atoms with Gasteiger partial charge in [-0.2, -0.15) is 0 Å². The second-order valence-corrected chi connectivity index (χ2v) is 5.44. The van der Waals surface area contributed by atoms with Gasteiger partial charge in [-0.25, -0.2) is 8.78 Å². The molecule has 1 aromatic rings. The fourth-order valence-electron chi connectivity index (χ4n) is 2.67. The Balaban J connectivity index is 1.85. The van der Waals surface area contributed by atoms with Crippen LogP contribution in [-0.4, -0.2) is 43.7 Å². The Bertz CT molecular complexity index is 560. The fourth-order valence-corrected chi connectivity index (χ4v) is 2.67. The minimum absolute atomic E-state index is 0.00492. The first-order valence-corrected chi connectivity index (χ1v) is 7.04. The average molecular weight is 297 g/mol. The summed E-state index contributed by atoms with van der Waals surface area (Å²) in [5, 5.41) is 0. The third kappa shape index (κ3) is 2.72. The maximum Gasteiger partial charge on any atom is 0.260 e. The van der Waals surface area contributed by atoms with Gasteiger partial charge < -0.3 is 14.4 Å². The summed E-state index contributed by atoms with van der Waals surface area (Å²) >= 11 is 0. The molecule has 0 radical (unpaired) electrons. The van der Waals surface area contributed by atoms with E-state index in [9.17, 15) is 13.6 Å². The number of methoxy groups -OCH3 is 1. The highest BCUT2D eigenvalue weighted by molar-refractivity contribution is 5.97. The summed E-state index contributed by atoms with van der Waals surface area (Å²) in [7, 11) is 1.33. The van der Waals surface area contributed by atoms with Crippen LogP contribution in [0, 0.1) is 17.6 Å². The summed E-state index contributed by atoms with van der Waals surface area (Å²) in [6.07, 6.45) is 2.21. The van der Waals surface area contributed by atoms with Crippen LogP contribution >= 0.6 is 0 Å². The van der Waals surface area contributed by atoms with Crippen molar-refractivity contribution < 1.29 is 23.0 Å². The van der Waals surface area contributed by atoms with Crippen LogP contribution in [0.15, 0.2) is 12.1 Å². The van der Waals surface area contributed by atoms with Crippen LogP contribution in [0.25, 0.3) is 0 Å². The number of benzene rings is 1. The molecule has 1 heterocycles. The Morgan fingerprint density at radius 3 is 2.81 bits per heavy atom. The average Bonchev–Trinajstić information content (AvgIpc) is 3.34. The molecule has 1 aliphatic heterocycles. The van der Waals surface area contributed by atoms with Gasteiger partial charge in [0.1, 0.15) is 11.3 Å². The minimum Gasteiger partial charge on any atom is -0.496 e. The van der Waals surface area contributed by atoms with E-state index in [1.54, 1.807) is 0 Å². The summed E-state index contributed by atoms with van der Waals surface area (Å²) in [5.74, 6) is -2.22. The van der Waals surface area contributed by atoms with Crippen molar-refractivity contribution in [3.8, 4) is 5.75 Å². The summed E-state index contributed by atoms with van der Waals surface area (Å²) < 4.78 is 38.0. The first kappa shape index (κ1) is 14.3. The predicted molar refractivity (Wildman–Crippen MR) is 71.3 cm³/mol. The van der Waals surface area contributed by atoms with Gasteiger partial charge >= 0.3 is 0 Å². The zero-order chi connectivity index (χ0) is 15.0. The van der Waals surface area contributed by atoms with Gasteiger partial charge in [-0.3, -0.25) is 4.79 Å². The summed E-state index contributed by atoms with van der Waals surface area (Å²) in [6.45, 7) is 1.22. The van der Waals surface area contributed by atoms with Crippen molar-refractivity contribution >= 4 is 5.91 Å². The van der Waals surface area contributed by atoms with E-state index in [2.05, 4.69) is 0 Å². The number of carbonyl (C=O) groups excluding carboxylic acids is 1.